The average Bonchev–Trinajstić information content (AvgIpc) is 2.30. The number of nitrogens with one attached hydrogen (secondary N) is 3. The Balaban J connectivity index is 2.03. The van der Waals surface area contributed by atoms with Gasteiger partial charge >= 0.3 is 11.8 Å². The molecule has 1 fully saturated rings. The van der Waals surface area contributed by atoms with Gasteiger partial charge in [-0.3, -0.25) is 19.2 Å². The highest BCUT2D eigenvalue weighted by atomic mass is 16.2. The monoisotopic (exact) mass is 263 g/mol. The summed E-state index contributed by atoms with van der Waals surface area (Å²) < 4.78 is 0. The van der Waals surface area contributed by atoms with E-state index in [1.54, 1.807) is 12.2 Å². The second-order valence-corrected chi connectivity index (χ2v) is 4.43. The molecule has 1 aliphatic carbocycles. The lowest BCUT2D eigenvalue weighted by atomic mass is 9.99. The molecular formula is C12H13N3O4. The summed E-state index contributed by atoms with van der Waals surface area (Å²) in [5.41, 5.74) is 1.19. The van der Waals surface area contributed by atoms with Crippen molar-refractivity contribution in [3.8, 4) is 0 Å². The lowest BCUT2D eigenvalue weighted by Crippen LogP contribution is -2.55. The summed E-state index contributed by atoms with van der Waals surface area (Å²) in [6.45, 7) is 1.34. The van der Waals surface area contributed by atoms with Gasteiger partial charge in [-0.1, -0.05) is 0 Å². The summed E-state index contributed by atoms with van der Waals surface area (Å²) in [6.07, 6.45) is 3.44. The summed E-state index contributed by atoms with van der Waals surface area (Å²) in [6, 6.07) is -0.358. The number of carbonyl (C=O) groups excluding carboxylic acids is 4. The van der Waals surface area contributed by atoms with Crippen molar-refractivity contribution in [2.24, 2.45) is 0 Å². The van der Waals surface area contributed by atoms with Gasteiger partial charge in [-0.2, -0.15) is 0 Å². The maximum atomic E-state index is 11.4. The van der Waals surface area contributed by atoms with Crippen molar-refractivity contribution in [2.45, 2.75) is 25.8 Å². The van der Waals surface area contributed by atoms with Gasteiger partial charge in [0.05, 0.1) is 12.5 Å². The molecule has 0 radical (unpaired) electrons. The molecule has 0 bridgehead atoms. The maximum absolute atomic E-state index is 11.4. The van der Waals surface area contributed by atoms with Crippen molar-refractivity contribution in [1.29, 1.82) is 0 Å². The first-order chi connectivity index (χ1) is 8.95. The van der Waals surface area contributed by atoms with Gasteiger partial charge in [-0.25, -0.2) is 0 Å². The van der Waals surface area contributed by atoms with E-state index in [0.29, 0.717) is 17.8 Å². The van der Waals surface area contributed by atoms with E-state index in [1.165, 1.54) is 6.92 Å². The Kier molecular flexibility index (Phi) is 3.46. The topological polar surface area (TPSA) is 104 Å². The molecule has 0 spiro atoms. The number of ketones is 1. The molecule has 7 nitrogen and oxygen atoms in total. The molecule has 19 heavy (non-hydrogen) atoms. The lowest BCUT2D eigenvalue weighted by molar-refractivity contribution is -0.140. The molecule has 2 rings (SSSR count). The molecule has 0 aromatic carbocycles. The van der Waals surface area contributed by atoms with Gasteiger partial charge in [0.2, 0.25) is 5.91 Å². The predicted molar refractivity (Wildman–Crippen MR) is 64.3 cm³/mol. The van der Waals surface area contributed by atoms with E-state index in [2.05, 4.69) is 16.0 Å². The van der Waals surface area contributed by atoms with Crippen LogP contribution in [0.4, 0.5) is 0 Å². The Labute approximate surface area is 109 Å². The standard InChI is InChI=1S/C12H13N3O4/c1-6(16)4-10(17)13-7-2-3-8-9(5-7)15-12(19)11(18)14-8/h2-3,9H,4-5H2,1H3,(H,13,17)(H,14,18)(H,15,19). The Morgan fingerprint density at radius 2 is 2.05 bits per heavy atom. The fourth-order valence-electron chi connectivity index (χ4n) is 1.92. The van der Waals surface area contributed by atoms with Crippen molar-refractivity contribution < 1.29 is 19.2 Å². The number of allylic oxidation sites excluding steroid dienone is 2. The molecule has 0 saturated carbocycles. The molecule has 1 atom stereocenters. The smallest absolute Gasteiger partial charge is 0.313 e. The molecule has 0 aromatic heterocycles. The van der Waals surface area contributed by atoms with Crippen LogP contribution in [0.1, 0.15) is 19.8 Å². The minimum atomic E-state index is -0.696. The van der Waals surface area contributed by atoms with Crippen LogP contribution in [0.25, 0.3) is 0 Å². The molecule has 1 heterocycles. The Morgan fingerprint density at radius 1 is 1.32 bits per heavy atom. The Hall–Kier alpha value is -2.44. The molecule has 3 N–H and O–H groups in total. The van der Waals surface area contributed by atoms with Crippen LogP contribution in [0.3, 0.4) is 0 Å². The van der Waals surface area contributed by atoms with Crippen LogP contribution < -0.4 is 16.0 Å². The minimum Gasteiger partial charge on any atom is -0.339 e. The number of carbonyl (C=O) groups is 4. The quantitative estimate of drug-likeness (QED) is 0.442. The van der Waals surface area contributed by atoms with E-state index in [-0.39, 0.29) is 24.2 Å². The molecule has 1 unspecified atom stereocenters. The van der Waals surface area contributed by atoms with Gasteiger partial charge < -0.3 is 16.0 Å². The highest BCUT2D eigenvalue weighted by molar-refractivity contribution is 6.36. The number of hydrogen-bond donors (Lipinski definition) is 3. The number of piperazine rings is 1. The highest BCUT2D eigenvalue weighted by Crippen LogP contribution is 2.18. The Morgan fingerprint density at radius 3 is 2.74 bits per heavy atom. The zero-order chi connectivity index (χ0) is 14.0. The first-order valence-corrected chi connectivity index (χ1v) is 5.77. The van der Waals surface area contributed by atoms with E-state index < -0.39 is 11.8 Å². The molecule has 1 saturated heterocycles. The van der Waals surface area contributed by atoms with Crippen molar-refractivity contribution in [1.82, 2.24) is 16.0 Å². The van der Waals surface area contributed by atoms with Gasteiger partial charge in [-0.05, 0) is 19.1 Å². The number of amides is 3. The fourth-order valence-corrected chi connectivity index (χ4v) is 1.92. The van der Waals surface area contributed by atoms with E-state index in [9.17, 15) is 19.2 Å². The average molecular weight is 263 g/mol. The Bertz CT molecular complexity index is 533. The summed E-state index contributed by atoms with van der Waals surface area (Å²) in [4.78, 5) is 44.6. The summed E-state index contributed by atoms with van der Waals surface area (Å²) in [7, 11) is 0. The normalized spacial score (nSPS) is 21.4. The van der Waals surface area contributed by atoms with Crippen LogP contribution in [-0.2, 0) is 19.2 Å². The molecule has 7 heteroatoms. The molecule has 0 aromatic rings. The van der Waals surface area contributed by atoms with Crippen LogP contribution in [-0.4, -0.2) is 29.5 Å². The molecule has 100 valence electrons. The number of hydrogen-bond acceptors (Lipinski definition) is 4. The van der Waals surface area contributed by atoms with E-state index in [0.717, 1.165) is 0 Å². The molecule has 2 aliphatic rings. The van der Waals surface area contributed by atoms with Crippen molar-refractivity contribution in [3.05, 3.63) is 23.5 Å². The molecule has 3 amide bonds. The number of Topliss-reactive ketones (excluding diaryl/α,β-unsaturated/α-hetero) is 1. The first kappa shape index (κ1) is 13.0. The second kappa shape index (κ2) is 5.05. The third kappa shape index (κ3) is 3.06. The number of fused-ring (bicyclic) bond motifs is 1. The summed E-state index contributed by atoms with van der Waals surface area (Å²) in [5.74, 6) is -2.00. The molecular weight excluding hydrogens is 250 g/mol. The zero-order valence-electron chi connectivity index (χ0n) is 10.3. The van der Waals surface area contributed by atoms with Crippen molar-refractivity contribution >= 4 is 23.5 Å². The van der Waals surface area contributed by atoms with Gasteiger partial charge in [-0.15, -0.1) is 0 Å². The van der Waals surface area contributed by atoms with Crippen LogP contribution in [0.2, 0.25) is 0 Å². The SMILES string of the molecule is CC(=O)CC(=O)NC1=CC=C2NC(=O)C(=O)NC2C1. The van der Waals surface area contributed by atoms with E-state index in [1.807, 2.05) is 0 Å². The van der Waals surface area contributed by atoms with E-state index >= 15 is 0 Å². The van der Waals surface area contributed by atoms with Gasteiger partial charge in [0.1, 0.15) is 5.78 Å². The highest BCUT2D eigenvalue weighted by Gasteiger charge is 2.31. The third-order valence-corrected chi connectivity index (χ3v) is 2.74. The first-order valence-electron chi connectivity index (χ1n) is 5.77. The zero-order valence-corrected chi connectivity index (χ0v) is 10.3. The predicted octanol–water partition coefficient (Wildman–Crippen LogP) is -1.13. The maximum Gasteiger partial charge on any atom is 0.313 e. The van der Waals surface area contributed by atoms with Gasteiger partial charge in [0.25, 0.3) is 0 Å². The second-order valence-electron chi connectivity index (χ2n) is 4.43. The largest absolute Gasteiger partial charge is 0.339 e. The van der Waals surface area contributed by atoms with E-state index in [4.69, 9.17) is 0 Å². The van der Waals surface area contributed by atoms with Crippen LogP contribution in [0, 0.1) is 0 Å². The van der Waals surface area contributed by atoms with Crippen molar-refractivity contribution in [3.63, 3.8) is 0 Å². The van der Waals surface area contributed by atoms with Crippen molar-refractivity contribution in [2.75, 3.05) is 0 Å². The minimum absolute atomic E-state index is 0.179. The fraction of sp³-hybridized carbons (Fsp3) is 0.333. The number of rotatable bonds is 3. The molecule has 1 aliphatic heterocycles. The van der Waals surface area contributed by atoms with Gasteiger partial charge in [0.15, 0.2) is 0 Å². The van der Waals surface area contributed by atoms with Crippen LogP contribution >= 0.6 is 0 Å². The third-order valence-electron chi connectivity index (χ3n) is 2.74. The lowest BCUT2D eigenvalue weighted by Gasteiger charge is -2.29. The van der Waals surface area contributed by atoms with Crippen LogP contribution in [0.15, 0.2) is 23.5 Å². The summed E-state index contributed by atoms with van der Waals surface area (Å²) >= 11 is 0. The van der Waals surface area contributed by atoms with Gasteiger partial charge in [0, 0.05) is 17.8 Å². The van der Waals surface area contributed by atoms with Crippen LogP contribution in [0.5, 0.6) is 0 Å². The summed E-state index contributed by atoms with van der Waals surface area (Å²) in [5, 5.41) is 7.61.